The Labute approximate surface area is 150 Å². The fourth-order valence-corrected chi connectivity index (χ4v) is 2.63. The fourth-order valence-electron chi connectivity index (χ4n) is 2.36. The first kappa shape index (κ1) is 16.9. The van der Waals surface area contributed by atoms with E-state index >= 15 is 0 Å². The van der Waals surface area contributed by atoms with Crippen molar-refractivity contribution < 1.29 is 19.1 Å². The molecule has 0 aliphatic carbocycles. The number of carbonyl (C=O) groups excluding carboxylic acids is 1. The minimum absolute atomic E-state index is 0.0715. The predicted octanol–water partition coefficient (Wildman–Crippen LogP) is 4.33. The second kappa shape index (κ2) is 6.90. The Bertz CT molecular complexity index is 934. The summed E-state index contributed by atoms with van der Waals surface area (Å²) in [5, 5.41) is 12.1. The van der Waals surface area contributed by atoms with E-state index in [4.69, 9.17) is 0 Å². The third-order valence-corrected chi connectivity index (χ3v) is 4.08. The van der Waals surface area contributed by atoms with E-state index in [1.807, 2.05) is 0 Å². The lowest BCUT2D eigenvalue weighted by molar-refractivity contribution is 0.0689. The Hall–Kier alpha value is -2.93. The zero-order valence-electron chi connectivity index (χ0n) is 12.7. The lowest BCUT2D eigenvalue weighted by Gasteiger charge is -2.09. The predicted molar refractivity (Wildman–Crippen MR) is 94.8 cm³/mol. The smallest absolute Gasteiger partial charge is 0.355 e. The molecule has 0 unspecified atom stereocenters. The Morgan fingerprint density at radius 2 is 1.64 bits per heavy atom. The Kier molecular flexibility index (Phi) is 4.67. The molecule has 2 aromatic carbocycles. The van der Waals surface area contributed by atoms with Gasteiger partial charge in [0.2, 0.25) is 0 Å². The molecule has 0 radical (unpaired) electrons. The monoisotopic (exact) mass is 402 g/mol. The summed E-state index contributed by atoms with van der Waals surface area (Å²) < 4.78 is 15.3. The molecule has 3 rings (SSSR count). The summed E-state index contributed by atoms with van der Waals surface area (Å²) in [6.45, 7) is 0. The van der Waals surface area contributed by atoms with Gasteiger partial charge in [-0.05, 0) is 54.6 Å². The van der Waals surface area contributed by atoms with Crippen molar-refractivity contribution in [2.75, 3.05) is 5.32 Å². The highest BCUT2D eigenvalue weighted by Gasteiger charge is 2.19. The molecule has 0 aliphatic heterocycles. The Morgan fingerprint density at radius 1 is 1.00 bits per heavy atom. The van der Waals surface area contributed by atoms with Crippen LogP contribution >= 0.6 is 15.9 Å². The minimum atomic E-state index is -1.18. The van der Waals surface area contributed by atoms with E-state index in [1.54, 1.807) is 30.5 Å². The molecule has 1 heterocycles. The van der Waals surface area contributed by atoms with Crippen LogP contribution in [0, 0.1) is 5.82 Å². The van der Waals surface area contributed by atoms with Crippen LogP contribution in [0.4, 0.5) is 10.1 Å². The maximum absolute atomic E-state index is 13.0. The van der Waals surface area contributed by atoms with Crippen molar-refractivity contribution in [1.82, 2.24) is 4.57 Å². The number of carbonyl (C=O) groups is 2. The summed E-state index contributed by atoms with van der Waals surface area (Å²) in [4.78, 5) is 23.9. The number of nitrogens with one attached hydrogen (secondary N) is 1. The average Bonchev–Trinajstić information content (AvgIpc) is 3.00. The van der Waals surface area contributed by atoms with Crippen LogP contribution in [0.25, 0.3) is 5.69 Å². The Balaban J connectivity index is 1.94. The molecule has 0 fully saturated rings. The highest BCUT2D eigenvalue weighted by molar-refractivity contribution is 9.10. The number of aromatic nitrogens is 1. The van der Waals surface area contributed by atoms with E-state index in [0.717, 1.165) is 4.47 Å². The number of hydrogen-bond acceptors (Lipinski definition) is 2. The number of rotatable bonds is 4. The number of nitrogens with zero attached hydrogens (tertiary/aromatic N) is 1. The fraction of sp³-hybridized carbons (Fsp3) is 0. The van der Waals surface area contributed by atoms with Gasteiger partial charge in [0.15, 0.2) is 5.69 Å². The van der Waals surface area contributed by atoms with Crippen LogP contribution in [-0.4, -0.2) is 21.6 Å². The van der Waals surface area contributed by atoms with Crippen molar-refractivity contribution in [3.63, 3.8) is 0 Å². The average molecular weight is 403 g/mol. The zero-order valence-corrected chi connectivity index (χ0v) is 14.3. The molecule has 5 nitrogen and oxygen atoms in total. The highest BCUT2D eigenvalue weighted by atomic mass is 79.9. The standard InChI is InChI=1S/C18H12BrFN2O3/c19-12-3-7-14(8-4-12)22-10-9-15(16(22)18(24)25)21-17(23)11-1-5-13(20)6-2-11/h1-10H,(H,21,23)(H,24,25). The number of amides is 1. The van der Waals surface area contributed by atoms with Crippen molar-refractivity contribution in [2.24, 2.45) is 0 Å². The number of aromatic carboxylic acids is 1. The SMILES string of the molecule is O=C(Nc1ccn(-c2ccc(Br)cc2)c1C(=O)O)c1ccc(F)cc1. The molecular formula is C18H12BrFN2O3. The summed E-state index contributed by atoms with van der Waals surface area (Å²) in [6, 6.07) is 13.6. The third-order valence-electron chi connectivity index (χ3n) is 3.55. The topological polar surface area (TPSA) is 71.3 Å². The Morgan fingerprint density at radius 3 is 2.24 bits per heavy atom. The van der Waals surface area contributed by atoms with E-state index in [-0.39, 0.29) is 16.9 Å². The molecule has 0 bridgehead atoms. The van der Waals surface area contributed by atoms with Gasteiger partial charge in [-0.2, -0.15) is 0 Å². The van der Waals surface area contributed by atoms with Gasteiger partial charge in [0.05, 0.1) is 5.69 Å². The normalized spacial score (nSPS) is 10.5. The van der Waals surface area contributed by atoms with Crippen molar-refractivity contribution in [3.8, 4) is 5.69 Å². The van der Waals surface area contributed by atoms with E-state index in [2.05, 4.69) is 21.2 Å². The van der Waals surface area contributed by atoms with Gasteiger partial charge in [-0.3, -0.25) is 4.79 Å². The van der Waals surface area contributed by atoms with Crippen LogP contribution in [0.5, 0.6) is 0 Å². The molecule has 2 N–H and O–H groups in total. The first-order valence-corrected chi connectivity index (χ1v) is 8.02. The van der Waals surface area contributed by atoms with Gasteiger partial charge in [0.1, 0.15) is 5.82 Å². The molecule has 0 saturated carbocycles. The number of carboxylic acids is 1. The van der Waals surface area contributed by atoms with Crippen molar-refractivity contribution in [1.29, 1.82) is 0 Å². The summed E-state index contributed by atoms with van der Waals surface area (Å²) >= 11 is 3.33. The molecular weight excluding hydrogens is 391 g/mol. The molecule has 126 valence electrons. The van der Waals surface area contributed by atoms with Gasteiger partial charge in [0, 0.05) is 21.9 Å². The van der Waals surface area contributed by atoms with Crippen molar-refractivity contribution >= 4 is 33.5 Å². The number of halogens is 2. The summed E-state index contributed by atoms with van der Waals surface area (Å²) in [7, 11) is 0. The number of benzene rings is 2. The molecule has 0 spiro atoms. The van der Waals surface area contributed by atoms with E-state index in [0.29, 0.717) is 5.69 Å². The van der Waals surface area contributed by atoms with E-state index in [9.17, 15) is 19.1 Å². The van der Waals surface area contributed by atoms with Gasteiger partial charge in [-0.15, -0.1) is 0 Å². The second-order valence-corrected chi connectivity index (χ2v) is 6.11. The first-order valence-electron chi connectivity index (χ1n) is 7.23. The van der Waals surface area contributed by atoms with Crippen LogP contribution in [0.3, 0.4) is 0 Å². The van der Waals surface area contributed by atoms with Crippen LogP contribution < -0.4 is 5.32 Å². The number of anilines is 1. The molecule has 7 heteroatoms. The van der Waals surface area contributed by atoms with Crippen LogP contribution in [0.2, 0.25) is 0 Å². The van der Waals surface area contributed by atoms with E-state index in [1.165, 1.54) is 34.9 Å². The quantitative estimate of drug-likeness (QED) is 0.681. The van der Waals surface area contributed by atoms with E-state index < -0.39 is 17.7 Å². The van der Waals surface area contributed by atoms with Crippen molar-refractivity contribution in [2.45, 2.75) is 0 Å². The largest absolute Gasteiger partial charge is 0.476 e. The molecule has 1 amide bonds. The highest BCUT2D eigenvalue weighted by Crippen LogP contribution is 2.24. The summed E-state index contributed by atoms with van der Waals surface area (Å²) in [5.74, 6) is -2.15. The molecule has 25 heavy (non-hydrogen) atoms. The molecule has 1 aromatic heterocycles. The van der Waals surface area contributed by atoms with Crippen LogP contribution in [0.15, 0.2) is 65.3 Å². The van der Waals surface area contributed by atoms with Gasteiger partial charge < -0.3 is 15.0 Å². The molecule has 0 atom stereocenters. The molecule has 0 aliphatic rings. The van der Waals surface area contributed by atoms with Gasteiger partial charge in [-0.25, -0.2) is 9.18 Å². The molecule has 3 aromatic rings. The summed E-state index contributed by atoms with van der Waals surface area (Å²) in [6.07, 6.45) is 1.56. The zero-order chi connectivity index (χ0) is 18.0. The maximum Gasteiger partial charge on any atom is 0.355 e. The molecule has 0 saturated heterocycles. The third kappa shape index (κ3) is 3.61. The van der Waals surface area contributed by atoms with Gasteiger partial charge in [-0.1, -0.05) is 15.9 Å². The van der Waals surface area contributed by atoms with Gasteiger partial charge in [0.25, 0.3) is 5.91 Å². The second-order valence-electron chi connectivity index (χ2n) is 5.19. The van der Waals surface area contributed by atoms with Gasteiger partial charge >= 0.3 is 5.97 Å². The minimum Gasteiger partial charge on any atom is -0.476 e. The lowest BCUT2D eigenvalue weighted by atomic mass is 10.2. The van der Waals surface area contributed by atoms with Crippen LogP contribution in [0.1, 0.15) is 20.8 Å². The summed E-state index contributed by atoms with van der Waals surface area (Å²) in [5.41, 5.74) is 0.958. The maximum atomic E-state index is 13.0. The lowest BCUT2D eigenvalue weighted by Crippen LogP contribution is -2.15. The number of carboxylic acid groups (broad SMARTS) is 1. The van der Waals surface area contributed by atoms with Crippen molar-refractivity contribution in [3.05, 3.63) is 82.3 Å². The van der Waals surface area contributed by atoms with Crippen LogP contribution in [-0.2, 0) is 0 Å². The number of hydrogen-bond donors (Lipinski definition) is 2. The first-order chi connectivity index (χ1) is 12.0.